The number of carbonyl (C=O) groups excluding carboxylic acids is 1. The van der Waals surface area contributed by atoms with Gasteiger partial charge in [0.2, 0.25) is 5.91 Å². The molecule has 1 amide bonds. The van der Waals surface area contributed by atoms with Crippen molar-refractivity contribution in [3.63, 3.8) is 0 Å². The van der Waals surface area contributed by atoms with E-state index < -0.39 is 0 Å². The van der Waals surface area contributed by atoms with E-state index >= 15 is 0 Å². The van der Waals surface area contributed by atoms with Crippen molar-refractivity contribution < 1.29 is 4.79 Å². The first-order chi connectivity index (χ1) is 11.2. The molecule has 1 aromatic carbocycles. The third-order valence-corrected chi connectivity index (χ3v) is 4.44. The Hall–Kier alpha value is -2.34. The van der Waals surface area contributed by atoms with Crippen molar-refractivity contribution in [2.45, 2.75) is 12.8 Å². The van der Waals surface area contributed by atoms with Crippen LogP contribution in [-0.2, 0) is 11.2 Å². The van der Waals surface area contributed by atoms with Crippen LogP contribution in [0, 0.1) is 0 Å². The lowest BCUT2D eigenvalue weighted by atomic mass is 10.2. The summed E-state index contributed by atoms with van der Waals surface area (Å²) in [5, 5.41) is 4.94. The number of aromatic nitrogens is 2. The number of rotatable bonds is 7. The SMILES string of the molecule is CN(CCCNC(=O)Cc1cn2ccsc2n1)c1ccccc1. The summed E-state index contributed by atoms with van der Waals surface area (Å²) in [6.45, 7) is 1.59. The Morgan fingerprint density at radius 2 is 2.17 bits per heavy atom. The molecule has 0 saturated heterocycles. The molecule has 0 atom stereocenters. The first kappa shape index (κ1) is 15.6. The van der Waals surface area contributed by atoms with Crippen molar-refractivity contribution in [3.8, 4) is 0 Å². The highest BCUT2D eigenvalue weighted by molar-refractivity contribution is 7.15. The fourth-order valence-corrected chi connectivity index (χ4v) is 3.16. The molecule has 0 aliphatic rings. The molecule has 0 fully saturated rings. The molecule has 0 spiro atoms. The largest absolute Gasteiger partial charge is 0.375 e. The Balaban J connectivity index is 1.38. The molecule has 0 unspecified atom stereocenters. The molecule has 0 saturated carbocycles. The second kappa shape index (κ2) is 7.28. The Morgan fingerprint density at radius 1 is 1.35 bits per heavy atom. The zero-order valence-corrected chi connectivity index (χ0v) is 13.9. The molecule has 5 nitrogen and oxygen atoms in total. The number of thiazole rings is 1. The van der Waals surface area contributed by atoms with Gasteiger partial charge in [-0.1, -0.05) is 18.2 Å². The minimum absolute atomic E-state index is 0.0260. The molecule has 2 aromatic heterocycles. The summed E-state index contributed by atoms with van der Waals surface area (Å²) in [7, 11) is 2.06. The van der Waals surface area contributed by atoms with Crippen LogP contribution < -0.4 is 10.2 Å². The lowest BCUT2D eigenvalue weighted by Gasteiger charge is -2.19. The molecule has 0 bridgehead atoms. The number of hydrogen-bond acceptors (Lipinski definition) is 4. The molecular formula is C17H20N4OS. The Bertz CT molecular complexity index is 737. The van der Waals surface area contributed by atoms with Crippen LogP contribution in [0.2, 0.25) is 0 Å². The van der Waals surface area contributed by atoms with E-state index in [1.54, 1.807) is 11.3 Å². The molecule has 1 N–H and O–H groups in total. The number of amides is 1. The van der Waals surface area contributed by atoms with Crippen molar-refractivity contribution in [2.75, 3.05) is 25.0 Å². The summed E-state index contributed by atoms with van der Waals surface area (Å²) in [4.78, 5) is 19.5. The highest BCUT2D eigenvalue weighted by Gasteiger charge is 2.08. The minimum Gasteiger partial charge on any atom is -0.375 e. The van der Waals surface area contributed by atoms with Gasteiger partial charge in [-0.25, -0.2) is 4.98 Å². The van der Waals surface area contributed by atoms with Crippen LogP contribution in [-0.4, -0.2) is 35.4 Å². The molecule has 0 aliphatic carbocycles. The van der Waals surface area contributed by atoms with Gasteiger partial charge in [0.1, 0.15) is 0 Å². The molecule has 0 radical (unpaired) electrons. The molecule has 23 heavy (non-hydrogen) atoms. The second-order valence-corrected chi connectivity index (χ2v) is 6.34. The van der Waals surface area contributed by atoms with Crippen LogP contribution >= 0.6 is 11.3 Å². The van der Waals surface area contributed by atoms with Crippen LogP contribution in [0.4, 0.5) is 5.69 Å². The number of para-hydroxylation sites is 1. The standard InChI is InChI=1S/C17H20N4OS/c1-20(15-6-3-2-4-7-15)9-5-8-18-16(22)12-14-13-21-10-11-23-17(21)19-14/h2-4,6-7,10-11,13H,5,8-9,12H2,1H3,(H,18,22). The van der Waals surface area contributed by atoms with Crippen LogP contribution in [0.5, 0.6) is 0 Å². The number of hydrogen-bond donors (Lipinski definition) is 1. The Labute approximate surface area is 139 Å². The smallest absolute Gasteiger partial charge is 0.226 e. The number of carbonyl (C=O) groups is 1. The number of nitrogens with one attached hydrogen (secondary N) is 1. The first-order valence-corrected chi connectivity index (χ1v) is 8.54. The zero-order chi connectivity index (χ0) is 16.1. The third kappa shape index (κ3) is 4.10. The third-order valence-electron chi connectivity index (χ3n) is 3.67. The van der Waals surface area contributed by atoms with E-state index in [2.05, 4.69) is 34.4 Å². The van der Waals surface area contributed by atoms with E-state index in [9.17, 15) is 4.79 Å². The summed E-state index contributed by atoms with van der Waals surface area (Å²) < 4.78 is 1.95. The lowest BCUT2D eigenvalue weighted by molar-refractivity contribution is -0.120. The monoisotopic (exact) mass is 328 g/mol. The summed E-state index contributed by atoms with van der Waals surface area (Å²) in [6.07, 6.45) is 5.11. The zero-order valence-electron chi connectivity index (χ0n) is 13.1. The quantitative estimate of drug-likeness (QED) is 0.678. The average molecular weight is 328 g/mol. The van der Waals surface area contributed by atoms with E-state index in [1.807, 2.05) is 40.4 Å². The van der Waals surface area contributed by atoms with Crippen molar-refractivity contribution in [1.82, 2.24) is 14.7 Å². The maximum atomic E-state index is 12.0. The van der Waals surface area contributed by atoms with Gasteiger partial charge in [-0.3, -0.25) is 9.20 Å². The van der Waals surface area contributed by atoms with Gasteiger partial charge in [-0.2, -0.15) is 0 Å². The number of anilines is 1. The fourth-order valence-electron chi connectivity index (χ4n) is 2.44. The Morgan fingerprint density at radius 3 is 2.96 bits per heavy atom. The van der Waals surface area contributed by atoms with Crippen molar-refractivity contribution in [2.24, 2.45) is 0 Å². The lowest BCUT2D eigenvalue weighted by Crippen LogP contribution is -2.29. The summed E-state index contributed by atoms with van der Waals surface area (Å²) >= 11 is 1.57. The van der Waals surface area contributed by atoms with E-state index in [4.69, 9.17) is 0 Å². The van der Waals surface area contributed by atoms with Crippen LogP contribution in [0.3, 0.4) is 0 Å². The van der Waals surface area contributed by atoms with E-state index in [0.717, 1.165) is 23.6 Å². The van der Waals surface area contributed by atoms with Gasteiger partial charge in [0, 0.05) is 43.6 Å². The normalized spacial score (nSPS) is 10.8. The molecule has 120 valence electrons. The maximum absolute atomic E-state index is 12.0. The predicted octanol–water partition coefficient (Wildman–Crippen LogP) is 2.58. The average Bonchev–Trinajstić information content (AvgIpc) is 3.13. The summed E-state index contributed by atoms with van der Waals surface area (Å²) in [5.74, 6) is 0.0260. The van der Waals surface area contributed by atoms with Crippen molar-refractivity contribution >= 4 is 27.9 Å². The van der Waals surface area contributed by atoms with Gasteiger partial charge in [0.05, 0.1) is 12.1 Å². The highest BCUT2D eigenvalue weighted by atomic mass is 32.1. The maximum Gasteiger partial charge on any atom is 0.226 e. The van der Waals surface area contributed by atoms with Gasteiger partial charge in [0.25, 0.3) is 0 Å². The summed E-state index contributed by atoms with van der Waals surface area (Å²) in [6, 6.07) is 10.2. The molecule has 6 heteroatoms. The van der Waals surface area contributed by atoms with Crippen LogP contribution in [0.25, 0.3) is 4.96 Å². The predicted molar refractivity (Wildman–Crippen MR) is 94.1 cm³/mol. The van der Waals surface area contributed by atoms with Crippen molar-refractivity contribution in [1.29, 1.82) is 0 Å². The van der Waals surface area contributed by atoms with Gasteiger partial charge >= 0.3 is 0 Å². The van der Waals surface area contributed by atoms with E-state index in [-0.39, 0.29) is 5.91 Å². The molecule has 0 aliphatic heterocycles. The molecule has 2 heterocycles. The van der Waals surface area contributed by atoms with Gasteiger partial charge in [-0.05, 0) is 18.6 Å². The number of benzene rings is 1. The Kier molecular flexibility index (Phi) is 4.92. The number of imidazole rings is 1. The van der Waals surface area contributed by atoms with Crippen LogP contribution in [0.1, 0.15) is 12.1 Å². The first-order valence-electron chi connectivity index (χ1n) is 7.66. The molecule has 3 rings (SSSR count). The summed E-state index contributed by atoms with van der Waals surface area (Å²) in [5.41, 5.74) is 2.01. The minimum atomic E-state index is 0.0260. The van der Waals surface area contributed by atoms with Crippen molar-refractivity contribution in [3.05, 3.63) is 53.8 Å². The van der Waals surface area contributed by atoms with E-state index in [0.29, 0.717) is 13.0 Å². The fraction of sp³-hybridized carbons (Fsp3) is 0.294. The molecule has 3 aromatic rings. The topological polar surface area (TPSA) is 49.6 Å². The number of fused-ring (bicyclic) bond motifs is 1. The van der Waals surface area contributed by atoms with E-state index in [1.165, 1.54) is 5.69 Å². The number of nitrogens with zero attached hydrogens (tertiary/aromatic N) is 3. The van der Waals surface area contributed by atoms with Gasteiger partial charge in [0.15, 0.2) is 4.96 Å². The second-order valence-electron chi connectivity index (χ2n) is 5.46. The van der Waals surface area contributed by atoms with Gasteiger partial charge < -0.3 is 10.2 Å². The highest BCUT2D eigenvalue weighted by Crippen LogP contribution is 2.12. The van der Waals surface area contributed by atoms with Crippen LogP contribution in [0.15, 0.2) is 48.1 Å². The molecular weight excluding hydrogens is 308 g/mol. The van der Waals surface area contributed by atoms with Gasteiger partial charge in [-0.15, -0.1) is 11.3 Å².